The van der Waals surface area contributed by atoms with E-state index in [9.17, 15) is 5.11 Å². The first-order valence-electron chi connectivity index (χ1n) is 8.06. The number of aliphatic hydroxyl groups excluding tert-OH is 1. The molecule has 0 aliphatic carbocycles. The fourth-order valence-electron chi connectivity index (χ4n) is 4.31. The van der Waals surface area contributed by atoms with E-state index in [1.54, 1.807) is 19.1 Å². The number of nitrogens with two attached hydrogens (primary N) is 1. The van der Waals surface area contributed by atoms with Crippen LogP contribution in [0.2, 0.25) is 0 Å². The van der Waals surface area contributed by atoms with Crippen LogP contribution in [0.25, 0.3) is 0 Å². The molecule has 0 amide bonds. The third kappa shape index (κ3) is 2.47. The Morgan fingerprint density at radius 2 is 2.00 bits per heavy atom. The van der Waals surface area contributed by atoms with Crippen molar-refractivity contribution in [3.8, 4) is 11.5 Å². The van der Waals surface area contributed by atoms with Gasteiger partial charge in [0.25, 0.3) is 0 Å². The van der Waals surface area contributed by atoms with Crippen molar-refractivity contribution < 1.29 is 24.8 Å². The smallest absolute Gasteiger partial charge is 0.238 e. The molecule has 5 heteroatoms. The van der Waals surface area contributed by atoms with Gasteiger partial charge in [-0.1, -0.05) is 6.92 Å². The summed E-state index contributed by atoms with van der Waals surface area (Å²) in [7, 11) is 3.34. The summed E-state index contributed by atoms with van der Waals surface area (Å²) in [5.41, 5.74) is 1.28. The topological polar surface area (TPSA) is 59.7 Å². The lowest BCUT2D eigenvalue weighted by Gasteiger charge is -2.49. The van der Waals surface area contributed by atoms with Gasteiger partial charge in [-0.2, -0.15) is 0 Å². The van der Waals surface area contributed by atoms with Crippen LogP contribution in [0.4, 0.5) is 0 Å². The number of piperidine rings is 1. The SMILES string of the molecule is COc1ccc(C2[NH2+]CC3(C)C[NH+]2CC(C)C3O)cc1OC. The van der Waals surface area contributed by atoms with Gasteiger partial charge in [0.05, 0.1) is 50.9 Å². The van der Waals surface area contributed by atoms with Gasteiger partial charge in [-0.25, -0.2) is 0 Å². The van der Waals surface area contributed by atoms with Crippen LogP contribution in [0.15, 0.2) is 18.2 Å². The minimum Gasteiger partial charge on any atom is -0.493 e. The van der Waals surface area contributed by atoms with Crippen molar-refractivity contribution in [2.75, 3.05) is 33.9 Å². The zero-order chi connectivity index (χ0) is 15.9. The van der Waals surface area contributed by atoms with Crippen molar-refractivity contribution in [3.63, 3.8) is 0 Å². The first-order valence-corrected chi connectivity index (χ1v) is 8.06. The molecule has 0 spiro atoms. The first-order chi connectivity index (χ1) is 10.5. The van der Waals surface area contributed by atoms with Crippen LogP contribution in [0, 0.1) is 11.3 Å². The molecule has 2 bridgehead atoms. The Balaban J connectivity index is 1.87. The Labute approximate surface area is 132 Å². The molecule has 22 heavy (non-hydrogen) atoms. The third-order valence-corrected chi connectivity index (χ3v) is 5.49. The summed E-state index contributed by atoms with van der Waals surface area (Å²) >= 11 is 0. The van der Waals surface area contributed by atoms with Crippen molar-refractivity contribution in [2.45, 2.75) is 26.1 Å². The number of aliphatic hydroxyl groups is 1. The van der Waals surface area contributed by atoms with Crippen LogP contribution in [0.1, 0.15) is 25.6 Å². The van der Waals surface area contributed by atoms with Gasteiger partial charge in [0, 0.05) is 5.92 Å². The normalized spacial score (nSPS) is 37.7. The van der Waals surface area contributed by atoms with E-state index >= 15 is 0 Å². The van der Waals surface area contributed by atoms with Gasteiger partial charge < -0.3 is 14.6 Å². The zero-order valence-corrected chi connectivity index (χ0v) is 13.9. The van der Waals surface area contributed by atoms with Crippen molar-refractivity contribution in [3.05, 3.63) is 23.8 Å². The molecule has 4 N–H and O–H groups in total. The lowest BCUT2D eigenvalue weighted by atomic mass is 9.72. The second kappa shape index (κ2) is 5.72. The Bertz CT molecular complexity index is 551. The van der Waals surface area contributed by atoms with Crippen LogP contribution >= 0.6 is 0 Å². The van der Waals surface area contributed by atoms with Gasteiger partial charge in [-0.15, -0.1) is 0 Å². The molecule has 0 aromatic heterocycles. The van der Waals surface area contributed by atoms with E-state index in [1.807, 2.05) is 6.07 Å². The molecule has 1 aromatic carbocycles. The predicted molar refractivity (Wildman–Crippen MR) is 83.1 cm³/mol. The number of rotatable bonds is 3. The molecule has 2 aliphatic heterocycles. The summed E-state index contributed by atoms with van der Waals surface area (Å²) in [4.78, 5) is 1.54. The minimum absolute atomic E-state index is 0.0139. The average molecular weight is 308 g/mol. The summed E-state index contributed by atoms with van der Waals surface area (Å²) in [6, 6.07) is 6.21. The highest BCUT2D eigenvalue weighted by Gasteiger charge is 2.53. The molecule has 0 radical (unpaired) electrons. The number of nitrogens with one attached hydrogen (secondary N) is 1. The van der Waals surface area contributed by atoms with Gasteiger partial charge in [-0.3, -0.25) is 10.2 Å². The highest BCUT2D eigenvalue weighted by molar-refractivity contribution is 5.43. The number of hydrogen-bond acceptors (Lipinski definition) is 3. The van der Waals surface area contributed by atoms with Gasteiger partial charge in [0.2, 0.25) is 6.17 Å². The minimum atomic E-state index is -0.196. The van der Waals surface area contributed by atoms with E-state index in [2.05, 4.69) is 31.3 Å². The van der Waals surface area contributed by atoms with Crippen LogP contribution in [0.3, 0.4) is 0 Å². The lowest BCUT2D eigenvalue weighted by Crippen LogP contribution is -3.28. The van der Waals surface area contributed by atoms with Crippen LogP contribution in [-0.4, -0.2) is 45.1 Å². The summed E-state index contributed by atoms with van der Waals surface area (Å²) in [6.07, 6.45) is 0.168. The maximum atomic E-state index is 10.5. The predicted octanol–water partition coefficient (Wildman–Crippen LogP) is -0.819. The largest absolute Gasteiger partial charge is 0.493 e. The number of hydrogen-bond donors (Lipinski definition) is 3. The highest BCUT2D eigenvalue weighted by atomic mass is 16.5. The molecule has 2 fully saturated rings. The van der Waals surface area contributed by atoms with Crippen LogP contribution in [-0.2, 0) is 0 Å². The molecule has 2 aliphatic rings. The number of fused-ring (bicyclic) bond motifs is 2. The fourth-order valence-corrected chi connectivity index (χ4v) is 4.31. The number of quaternary nitrogens is 2. The molecule has 1 aromatic rings. The third-order valence-electron chi connectivity index (χ3n) is 5.49. The molecular formula is C17H28N2O3+2. The van der Waals surface area contributed by atoms with Gasteiger partial charge in [0.1, 0.15) is 0 Å². The second-order valence-corrected chi connectivity index (χ2v) is 7.15. The molecule has 3 rings (SSSR count). The summed E-state index contributed by atoms with van der Waals surface area (Å²) in [6.45, 7) is 7.37. The molecular weight excluding hydrogens is 280 g/mol. The zero-order valence-electron chi connectivity index (χ0n) is 13.9. The summed E-state index contributed by atoms with van der Waals surface area (Å²) < 4.78 is 10.8. The summed E-state index contributed by atoms with van der Waals surface area (Å²) in [5, 5.41) is 12.9. The molecule has 5 nitrogen and oxygen atoms in total. The van der Waals surface area contributed by atoms with Gasteiger partial charge in [0.15, 0.2) is 11.5 Å². The Morgan fingerprint density at radius 3 is 2.68 bits per heavy atom. The van der Waals surface area contributed by atoms with Crippen molar-refractivity contribution in [1.82, 2.24) is 0 Å². The Kier molecular flexibility index (Phi) is 4.05. The van der Waals surface area contributed by atoms with Crippen LogP contribution in [0.5, 0.6) is 11.5 Å². The van der Waals surface area contributed by atoms with E-state index in [0.29, 0.717) is 12.1 Å². The lowest BCUT2D eigenvalue weighted by molar-refractivity contribution is -1.08. The van der Waals surface area contributed by atoms with Crippen molar-refractivity contribution in [2.24, 2.45) is 11.3 Å². The second-order valence-electron chi connectivity index (χ2n) is 7.15. The van der Waals surface area contributed by atoms with E-state index in [4.69, 9.17) is 9.47 Å². The van der Waals surface area contributed by atoms with E-state index in [0.717, 1.165) is 31.1 Å². The maximum Gasteiger partial charge on any atom is 0.238 e. The monoisotopic (exact) mass is 308 g/mol. The molecule has 122 valence electrons. The standard InChI is InChI=1S/C17H26N2O3/c1-11-8-19-10-17(2,15(11)20)9-18-16(19)12-5-6-13(21-3)14(7-12)22-4/h5-7,11,15-16,18,20H,8-10H2,1-4H3/p+2. The van der Waals surface area contributed by atoms with Crippen LogP contribution < -0.4 is 19.7 Å². The van der Waals surface area contributed by atoms with Crippen molar-refractivity contribution in [1.29, 1.82) is 0 Å². The maximum absolute atomic E-state index is 10.5. The van der Waals surface area contributed by atoms with Gasteiger partial charge in [-0.05, 0) is 25.1 Å². The summed E-state index contributed by atoms with van der Waals surface area (Å²) in [5.74, 6) is 1.89. The Morgan fingerprint density at radius 1 is 1.27 bits per heavy atom. The highest BCUT2D eigenvalue weighted by Crippen LogP contribution is 2.31. The van der Waals surface area contributed by atoms with E-state index in [-0.39, 0.29) is 11.5 Å². The molecule has 0 saturated carbocycles. The Hall–Kier alpha value is -1.30. The fraction of sp³-hybridized carbons (Fsp3) is 0.647. The molecule has 5 unspecified atom stereocenters. The number of ether oxygens (including phenoxy) is 2. The molecule has 2 saturated heterocycles. The first kappa shape index (κ1) is 15.6. The van der Waals surface area contributed by atoms with Gasteiger partial charge >= 0.3 is 0 Å². The van der Waals surface area contributed by atoms with E-state index < -0.39 is 0 Å². The molecule has 5 atom stereocenters. The average Bonchev–Trinajstić information content (AvgIpc) is 2.52. The number of methoxy groups -OCH3 is 2. The van der Waals surface area contributed by atoms with E-state index in [1.165, 1.54) is 5.56 Å². The van der Waals surface area contributed by atoms with Crippen molar-refractivity contribution >= 4 is 0 Å². The quantitative estimate of drug-likeness (QED) is 0.684. The number of benzene rings is 1. The molecule has 2 heterocycles.